The zero-order chi connectivity index (χ0) is 12.6. The number of aromatic nitrogens is 2. The Bertz CT molecular complexity index is 575. The van der Waals surface area contributed by atoms with Crippen LogP contribution in [0.1, 0.15) is 26.2 Å². The predicted molar refractivity (Wildman–Crippen MR) is 74.4 cm³/mol. The minimum atomic E-state index is 0.505. The van der Waals surface area contributed by atoms with Crippen LogP contribution in [-0.4, -0.2) is 16.5 Å². The van der Waals surface area contributed by atoms with E-state index in [1.165, 1.54) is 19.3 Å². The molecule has 1 aromatic heterocycles. The maximum atomic E-state index is 5.77. The number of benzene rings is 1. The van der Waals surface area contributed by atoms with Crippen molar-refractivity contribution in [3.05, 3.63) is 24.5 Å². The normalized spacial score (nSPS) is 16.7. The summed E-state index contributed by atoms with van der Waals surface area (Å²) in [5.41, 5.74) is 7.91. The first-order valence-corrected chi connectivity index (χ1v) is 6.47. The molecule has 1 aliphatic carbocycles. The first kappa shape index (κ1) is 11.3. The lowest BCUT2D eigenvalue weighted by Gasteiger charge is -2.14. The van der Waals surface area contributed by atoms with Crippen molar-refractivity contribution in [1.29, 1.82) is 0 Å². The highest BCUT2D eigenvalue weighted by atomic mass is 15.0. The molecule has 1 aliphatic rings. The molecular weight excluding hydrogens is 224 g/mol. The zero-order valence-corrected chi connectivity index (χ0v) is 10.6. The molecule has 0 unspecified atom stereocenters. The van der Waals surface area contributed by atoms with Gasteiger partial charge in [0.2, 0.25) is 0 Å². The van der Waals surface area contributed by atoms with Gasteiger partial charge in [-0.1, -0.05) is 6.92 Å². The lowest BCUT2D eigenvalue weighted by atomic mass is 10.0. The van der Waals surface area contributed by atoms with E-state index in [9.17, 15) is 0 Å². The fourth-order valence-corrected chi connectivity index (χ4v) is 2.32. The third kappa shape index (κ3) is 1.98. The van der Waals surface area contributed by atoms with E-state index in [1.807, 2.05) is 18.2 Å². The molecule has 3 N–H and O–H groups in total. The third-order valence-corrected chi connectivity index (χ3v) is 4.00. The summed E-state index contributed by atoms with van der Waals surface area (Å²) in [5.74, 6) is 0.916. The summed E-state index contributed by atoms with van der Waals surface area (Å²) in [6.07, 6.45) is 5.48. The molecule has 0 amide bonds. The first-order valence-electron chi connectivity index (χ1n) is 6.47. The molecule has 1 heterocycles. The van der Waals surface area contributed by atoms with E-state index >= 15 is 0 Å². The van der Waals surface area contributed by atoms with Crippen molar-refractivity contribution in [2.24, 2.45) is 5.41 Å². The first-order chi connectivity index (χ1) is 8.72. The van der Waals surface area contributed by atoms with E-state index in [-0.39, 0.29) is 0 Å². The van der Waals surface area contributed by atoms with Gasteiger partial charge in [0.25, 0.3) is 0 Å². The van der Waals surface area contributed by atoms with Gasteiger partial charge in [0.05, 0.1) is 5.52 Å². The van der Waals surface area contributed by atoms with Crippen molar-refractivity contribution < 1.29 is 0 Å². The molecule has 1 fully saturated rings. The number of nitrogens with one attached hydrogen (secondary N) is 1. The average Bonchev–Trinajstić information content (AvgIpc) is 3.16. The molecule has 94 valence electrons. The predicted octanol–water partition coefficient (Wildman–Crippen LogP) is 2.81. The molecule has 0 aliphatic heterocycles. The van der Waals surface area contributed by atoms with Gasteiger partial charge in [0, 0.05) is 17.6 Å². The van der Waals surface area contributed by atoms with Gasteiger partial charge in [-0.2, -0.15) is 0 Å². The van der Waals surface area contributed by atoms with Gasteiger partial charge in [0.1, 0.15) is 12.1 Å². The fourth-order valence-electron chi connectivity index (χ4n) is 2.32. The van der Waals surface area contributed by atoms with Gasteiger partial charge in [0.15, 0.2) is 0 Å². The van der Waals surface area contributed by atoms with Crippen LogP contribution in [0, 0.1) is 5.41 Å². The molecule has 0 atom stereocenters. The quantitative estimate of drug-likeness (QED) is 0.809. The molecule has 3 rings (SSSR count). The molecule has 1 saturated carbocycles. The molecule has 4 nitrogen and oxygen atoms in total. The number of nitrogens with two attached hydrogens (primary N) is 1. The van der Waals surface area contributed by atoms with Crippen LogP contribution < -0.4 is 11.1 Å². The van der Waals surface area contributed by atoms with E-state index < -0.39 is 0 Å². The van der Waals surface area contributed by atoms with Crippen molar-refractivity contribution in [1.82, 2.24) is 9.97 Å². The average molecular weight is 242 g/mol. The van der Waals surface area contributed by atoms with Gasteiger partial charge in [-0.05, 0) is 42.9 Å². The number of hydrogen-bond acceptors (Lipinski definition) is 4. The highest BCUT2D eigenvalue weighted by molar-refractivity contribution is 5.90. The maximum absolute atomic E-state index is 5.77. The highest BCUT2D eigenvalue weighted by Crippen LogP contribution is 2.48. The van der Waals surface area contributed by atoms with E-state index in [1.54, 1.807) is 6.33 Å². The Hall–Kier alpha value is -1.84. The standard InChI is InChI=1S/C14H18N4/c1-2-14(5-6-14)8-16-13-11-4-3-10(15)7-12(11)17-9-18-13/h3-4,7,9H,2,5-6,8,15H2,1H3,(H,16,17,18). The van der Waals surface area contributed by atoms with Crippen LogP contribution in [0.2, 0.25) is 0 Å². The molecule has 2 aromatic rings. The van der Waals surface area contributed by atoms with Crippen LogP contribution >= 0.6 is 0 Å². The van der Waals surface area contributed by atoms with Gasteiger partial charge in [-0.25, -0.2) is 9.97 Å². The lowest BCUT2D eigenvalue weighted by Crippen LogP contribution is -2.15. The number of fused-ring (bicyclic) bond motifs is 1. The topological polar surface area (TPSA) is 63.8 Å². The van der Waals surface area contributed by atoms with Crippen molar-refractivity contribution in [3.63, 3.8) is 0 Å². The second-order valence-corrected chi connectivity index (χ2v) is 5.21. The molecule has 4 heteroatoms. The summed E-state index contributed by atoms with van der Waals surface area (Å²) in [6, 6.07) is 5.76. The smallest absolute Gasteiger partial charge is 0.137 e. The van der Waals surface area contributed by atoms with E-state index in [2.05, 4.69) is 22.2 Å². The number of anilines is 2. The van der Waals surface area contributed by atoms with Gasteiger partial charge >= 0.3 is 0 Å². The monoisotopic (exact) mass is 242 g/mol. The minimum absolute atomic E-state index is 0.505. The van der Waals surface area contributed by atoms with Gasteiger partial charge < -0.3 is 11.1 Å². The molecule has 0 saturated heterocycles. The summed E-state index contributed by atoms with van der Waals surface area (Å²) < 4.78 is 0. The second kappa shape index (κ2) is 4.12. The van der Waals surface area contributed by atoms with Crippen LogP contribution in [0.3, 0.4) is 0 Å². The highest BCUT2D eigenvalue weighted by Gasteiger charge is 2.40. The fraction of sp³-hybridized carbons (Fsp3) is 0.429. The second-order valence-electron chi connectivity index (χ2n) is 5.21. The summed E-state index contributed by atoms with van der Waals surface area (Å²) in [6.45, 7) is 3.26. The van der Waals surface area contributed by atoms with Crippen LogP contribution in [0.15, 0.2) is 24.5 Å². The molecule has 0 bridgehead atoms. The molecular formula is C14H18N4. The Morgan fingerprint density at radius 3 is 2.89 bits per heavy atom. The number of nitrogens with zero attached hydrogens (tertiary/aromatic N) is 2. The number of hydrogen-bond donors (Lipinski definition) is 2. The van der Waals surface area contributed by atoms with Crippen LogP contribution in [0.4, 0.5) is 11.5 Å². The van der Waals surface area contributed by atoms with E-state index in [4.69, 9.17) is 5.73 Å². The van der Waals surface area contributed by atoms with Gasteiger partial charge in [-0.15, -0.1) is 0 Å². The number of nitrogen functional groups attached to an aromatic ring is 1. The Labute approximate surface area is 107 Å². The van der Waals surface area contributed by atoms with E-state index in [0.29, 0.717) is 5.41 Å². The lowest BCUT2D eigenvalue weighted by molar-refractivity contribution is 0.521. The minimum Gasteiger partial charge on any atom is -0.399 e. The van der Waals surface area contributed by atoms with Crippen LogP contribution in [0.25, 0.3) is 10.9 Å². The maximum Gasteiger partial charge on any atom is 0.137 e. The zero-order valence-electron chi connectivity index (χ0n) is 10.6. The molecule has 18 heavy (non-hydrogen) atoms. The van der Waals surface area contributed by atoms with Crippen molar-refractivity contribution >= 4 is 22.4 Å². The Morgan fingerprint density at radius 2 is 2.17 bits per heavy atom. The van der Waals surface area contributed by atoms with Gasteiger partial charge in [-0.3, -0.25) is 0 Å². The number of rotatable bonds is 4. The summed E-state index contributed by atoms with van der Waals surface area (Å²) in [4.78, 5) is 8.59. The Kier molecular flexibility index (Phi) is 2.58. The summed E-state index contributed by atoms with van der Waals surface area (Å²) in [5, 5.41) is 4.51. The SMILES string of the molecule is CCC1(CNc2ncnc3cc(N)ccc23)CC1. The largest absolute Gasteiger partial charge is 0.399 e. The summed E-state index contributed by atoms with van der Waals surface area (Å²) >= 11 is 0. The van der Waals surface area contributed by atoms with Crippen molar-refractivity contribution in [2.45, 2.75) is 26.2 Å². The Morgan fingerprint density at radius 1 is 1.33 bits per heavy atom. The van der Waals surface area contributed by atoms with Crippen molar-refractivity contribution in [2.75, 3.05) is 17.6 Å². The Balaban J connectivity index is 1.87. The summed E-state index contributed by atoms with van der Waals surface area (Å²) in [7, 11) is 0. The van der Waals surface area contributed by atoms with Crippen molar-refractivity contribution in [3.8, 4) is 0 Å². The van der Waals surface area contributed by atoms with Crippen LogP contribution in [-0.2, 0) is 0 Å². The molecule has 0 radical (unpaired) electrons. The molecule has 0 spiro atoms. The van der Waals surface area contributed by atoms with Crippen LogP contribution in [0.5, 0.6) is 0 Å². The third-order valence-electron chi connectivity index (χ3n) is 4.00. The molecule has 1 aromatic carbocycles. The van der Waals surface area contributed by atoms with E-state index in [0.717, 1.165) is 29.0 Å².